The molecule has 1 amide bonds. The number of carbonyl (C=O) groups excluding carboxylic acids is 1. The van der Waals surface area contributed by atoms with E-state index in [0.29, 0.717) is 6.54 Å². The zero-order valence-corrected chi connectivity index (χ0v) is 14.2. The number of hydrogen-bond acceptors (Lipinski definition) is 3. The summed E-state index contributed by atoms with van der Waals surface area (Å²) in [6.45, 7) is 0.580. The fraction of sp³-hybridized carbons (Fsp3) is 0.294. The van der Waals surface area contributed by atoms with Crippen molar-refractivity contribution in [3.63, 3.8) is 0 Å². The molecule has 0 unspecified atom stereocenters. The standard InChI is InChI=1S/C17H16BrNO4/c1-19(15(20)13-6-7-14(23-13)16(21)22)10-17(8-9-17)11-2-4-12(18)5-3-11/h2-7H,8-10H2,1H3,(H,21,22). The van der Waals surface area contributed by atoms with Gasteiger partial charge in [0, 0.05) is 23.5 Å². The number of likely N-dealkylation sites (N-methyl/N-ethyl adjacent to an activating group) is 1. The van der Waals surface area contributed by atoms with Gasteiger partial charge in [-0.3, -0.25) is 4.79 Å². The molecule has 6 heteroatoms. The minimum Gasteiger partial charge on any atom is -0.475 e. The molecule has 1 aliphatic rings. The second-order valence-electron chi connectivity index (χ2n) is 5.92. The smallest absolute Gasteiger partial charge is 0.371 e. The van der Waals surface area contributed by atoms with Crippen LogP contribution in [-0.4, -0.2) is 35.5 Å². The third-order valence-corrected chi connectivity index (χ3v) is 4.75. The molecule has 1 heterocycles. The van der Waals surface area contributed by atoms with Gasteiger partial charge in [-0.15, -0.1) is 0 Å². The first-order valence-electron chi connectivity index (χ1n) is 7.26. The minimum atomic E-state index is -1.18. The number of rotatable bonds is 5. The summed E-state index contributed by atoms with van der Waals surface area (Å²) >= 11 is 3.43. The van der Waals surface area contributed by atoms with Crippen LogP contribution in [0.4, 0.5) is 0 Å². The molecule has 1 aromatic carbocycles. The maximum atomic E-state index is 12.4. The molecule has 0 radical (unpaired) electrons. The molecule has 0 atom stereocenters. The molecule has 1 fully saturated rings. The van der Waals surface area contributed by atoms with Crippen molar-refractivity contribution >= 4 is 27.8 Å². The fourth-order valence-electron chi connectivity index (χ4n) is 2.77. The highest BCUT2D eigenvalue weighted by Gasteiger charge is 2.45. The lowest BCUT2D eigenvalue weighted by Crippen LogP contribution is -2.34. The van der Waals surface area contributed by atoms with Gasteiger partial charge in [-0.2, -0.15) is 0 Å². The molecule has 23 heavy (non-hydrogen) atoms. The first-order valence-corrected chi connectivity index (χ1v) is 8.05. The van der Waals surface area contributed by atoms with Crippen molar-refractivity contribution in [1.29, 1.82) is 0 Å². The molecule has 0 saturated heterocycles. The number of aromatic carboxylic acids is 1. The Hall–Kier alpha value is -2.08. The number of furan rings is 1. The van der Waals surface area contributed by atoms with Crippen LogP contribution in [0.5, 0.6) is 0 Å². The van der Waals surface area contributed by atoms with Gasteiger partial charge in [-0.05, 0) is 42.7 Å². The highest BCUT2D eigenvalue weighted by atomic mass is 79.9. The Bertz CT molecular complexity index is 746. The van der Waals surface area contributed by atoms with E-state index in [2.05, 4.69) is 28.1 Å². The summed E-state index contributed by atoms with van der Waals surface area (Å²) < 4.78 is 6.11. The summed E-state index contributed by atoms with van der Waals surface area (Å²) in [7, 11) is 1.71. The maximum absolute atomic E-state index is 12.4. The van der Waals surface area contributed by atoms with E-state index in [-0.39, 0.29) is 22.8 Å². The molecule has 120 valence electrons. The maximum Gasteiger partial charge on any atom is 0.371 e. The van der Waals surface area contributed by atoms with E-state index >= 15 is 0 Å². The van der Waals surface area contributed by atoms with E-state index < -0.39 is 5.97 Å². The predicted octanol–water partition coefficient (Wildman–Crippen LogP) is 3.54. The highest BCUT2D eigenvalue weighted by Crippen LogP contribution is 2.48. The minimum absolute atomic E-state index is 0.00662. The quantitative estimate of drug-likeness (QED) is 0.864. The molecule has 3 rings (SSSR count). The number of amides is 1. The van der Waals surface area contributed by atoms with Crippen LogP contribution in [0, 0.1) is 0 Å². The average Bonchev–Trinajstić information content (AvgIpc) is 3.12. The first kappa shape index (κ1) is 15.8. The summed E-state index contributed by atoms with van der Waals surface area (Å²) in [6.07, 6.45) is 2.07. The Morgan fingerprint density at radius 2 is 1.78 bits per heavy atom. The Kier molecular flexibility index (Phi) is 4.02. The van der Waals surface area contributed by atoms with Crippen molar-refractivity contribution in [3.8, 4) is 0 Å². The second-order valence-corrected chi connectivity index (χ2v) is 6.83. The molecule has 1 N–H and O–H groups in total. The van der Waals surface area contributed by atoms with Gasteiger partial charge in [0.25, 0.3) is 5.91 Å². The molecule has 1 saturated carbocycles. The van der Waals surface area contributed by atoms with Crippen LogP contribution in [0.3, 0.4) is 0 Å². The van der Waals surface area contributed by atoms with E-state index in [0.717, 1.165) is 17.3 Å². The van der Waals surface area contributed by atoms with Gasteiger partial charge < -0.3 is 14.4 Å². The molecular weight excluding hydrogens is 362 g/mol. The zero-order chi connectivity index (χ0) is 16.6. The van der Waals surface area contributed by atoms with Gasteiger partial charge in [0.2, 0.25) is 5.76 Å². The van der Waals surface area contributed by atoms with E-state index in [1.165, 1.54) is 17.7 Å². The zero-order valence-electron chi connectivity index (χ0n) is 12.6. The SMILES string of the molecule is CN(CC1(c2ccc(Br)cc2)CC1)C(=O)c1ccc(C(=O)O)o1. The van der Waals surface area contributed by atoms with Crippen LogP contribution in [-0.2, 0) is 5.41 Å². The molecule has 0 spiro atoms. The van der Waals surface area contributed by atoms with Crippen LogP contribution in [0.15, 0.2) is 45.3 Å². The average molecular weight is 378 g/mol. The van der Waals surface area contributed by atoms with Gasteiger partial charge in [0.1, 0.15) is 0 Å². The second kappa shape index (κ2) is 5.85. The topological polar surface area (TPSA) is 70.8 Å². The van der Waals surface area contributed by atoms with E-state index in [9.17, 15) is 9.59 Å². The number of carbonyl (C=O) groups is 2. The van der Waals surface area contributed by atoms with E-state index in [1.807, 2.05) is 12.1 Å². The van der Waals surface area contributed by atoms with Crippen LogP contribution < -0.4 is 0 Å². The van der Waals surface area contributed by atoms with E-state index in [1.54, 1.807) is 11.9 Å². The number of hydrogen-bond donors (Lipinski definition) is 1. The van der Waals surface area contributed by atoms with Crippen molar-refractivity contribution in [2.24, 2.45) is 0 Å². The normalized spacial score (nSPS) is 15.2. The molecular formula is C17H16BrNO4. The highest BCUT2D eigenvalue weighted by molar-refractivity contribution is 9.10. The van der Waals surface area contributed by atoms with Crippen LogP contribution in [0.25, 0.3) is 0 Å². The predicted molar refractivity (Wildman–Crippen MR) is 87.7 cm³/mol. The number of carboxylic acids is 1. The van der Waals surface area contributed by atoms with Crippen molar-refractivity contribution in [3.05, 3.63) is 58.0 Å². The number of benzene rings is 1. The Labute approximate surface area is 142 Å². The summed E-state index contributed by atoms with van der Waals surface area (Å²) in [5.74, 6) is -1.66. The third-order valence-electron chi connectivity index (χ3n) is 4.22. The number of halogens is 1. The van der Waals surface area contributed by atoms with Crippen LogP contribution in [0.2, 0.25) is 0 Å². The van der Waals surface area contributed by atoms with Gasteiger partial charge in [0.15, 0.2) is 5.76 Å². The van der Waals surface area contributed by atoms with Crippen molar-refractivity contribution in [2.75, 3.05) is 13.6 Å². The molecule has 0 aliphatic heterocycles. The van der Waals surface area contributed by atoms with Crippen molar-refractivity contribution < 1.29 is 19.1 Å². The third kappa shape index (κ3) is 3.17. The van der Waals surface area contributed by atoms with Gasteiger partial charge in [-0.1, -0.05) is 28.1 Å². The summed E-state index contributed by atoms with van der Waals surface area (Å²) in [4.78, 5) is 24.8. The lowest BCUT2D eigenvalue weighted by atomic mass is 9.95. The molecule has 2 aromatic rings. The lowest BCUT2D eigenvalue weighted by Gasteiger charge is -2.23. The largest absolute Gasteiger partial charge is 0.475 e. The number of nitrogens with zero attached hydrogens (tertiary/aromatic N) is 1. The summed E-state index contributed by atoms with van der Waals surface area (Å²) in [5, 5.41) is 8.86. The Morgan fingerprint density at radius 1 is 1.17 bits per heavy atom. The van der Waals surface area contributed by atoms with Crippen LogP contribution in [0.1, 0.15) is 39.5 Å². The summed E-state index contributed by atoms with van der Waals surface area (Å²) in [5.41, 5.74) is 1.21. The van der Waals surface area contributed by atoms with Gasteiger partial charge in [-0.25, -0.2) is 4.79 Å². The first-order chi connectivity index (χ1) is 10.9. The van der Waals surface area contributed by atoms with Crippen LogP contribution >= 0.6 is 15.9 Å². The fourth-order valence-corrected chi connectivity index (χ4v) is 3.04. The van der Waals surface area contributed by atoms with Crippen molar-refractivity contribution in [2.45, 2.75) is 18.3 Å². The van der Waals surface area contributed by atoms with E-state index in [4.69, 9.17) is 9.52 Å². The monoisotopic (exact) mass is 377 g/mol. The van der Waals surface area contributed by atoms with Crippen molar-refractivity contribution in [1.82, 2.24) is 4.90 Å². The van der Waals surface area contributed by atoms with Gasteiger partial charge in [0.05, 0.1) is 0 Å². The Balaban J connectivity index is 1.73. The lowest BCUT2D eigenvalue weighted by molar-refractivity contribution is 0.0652. The van der Waals surface area contributed by atoms with Gasteiger partial charge >= 0.3 is 5.97 Å². The molecule has 1 aliphatic carbocycles. The molecule has 0 bridgehead atoms. The number of carboxylic acid groups (broad SMARTS) is 1. The summed E-state index contributed by atoms with van der Waals surface area (Å²) in [6, 6.07) is 10.9. The Morgan fingerprint density at radius 3 is 2.30 bits per heavy atom. The molecule has 1 aromatic heterocycles. The molecule has 5 nitrogen and oxygen atoms in total.